The minimum Gasteiger partial charge on any atom is -0.389 e. The molecule has 0 fully saturated rings. The lowest BCUT2D eigenvalue weighted by Crippen LogP contribution is -2.12. The molecule has 0 aromatic carbocycles. The van der Waals surface area contributed by atoms with Crippen LogP contribution in [0.3, 0.4) is 0 Å². The molecule has 1 aromatic rings. The maximum atomic E-state index is 10.8. The topological polar surface area (TPSA) is 86.2 Å². The largest absolute Gasteiger partial charge is 0.389 e. The molecule has 0 unspecified atom stereocenters. The standard InChI is InChI=1S/C5H8N2O2S2/c1-3-2-4(5(6)10-3)11(7,8)9/h2H,6H2,1H3,(H2,7,8,9). The van der Waals surface area contributed by atoms with Gasteiger partial charge in [-0.05, 0) is 13.0 Å². The van der Waals surface area contributed by atoms with Gasteiger partial charge in [0.15, 0.2) is 0 Å². The van der Waals surface area contributed by atoms with Gasteiger partial charge < -0.3 is 5.73 Å². The van der Waals surface area contributed by atoms with Crippen molar-refractivity contribution in [2.24, 2.45) is 5.14 Å². The minimum atomic E-state index is -3.63. The predicted molar refractivity (Wildman–Crippen MR) is 44.8 cm³/mol. The lowest BCUT2D eigenvalue weighted by molar-refractivity contribution is 0.598. The van der Waals surface area contributed by atoms with Crippen molar-refractivity contribution in [2.45, 2.75) is 11.8 Å². The Morgan fingerprint density at radius 2 is 2.09 bits per heavy atom. The first-order valence-corrected chi connectivity index (χ1v) is 5.16. The molecule has 4 nitrogen and oxygen atoms in total. The molecule has 0 saturated carbocycles. The smallest absolute Gasteiger partial charge is 0.240 e. The summed E-state index contributed by atoms with van der Waals surface area (Å²) in [6, 6.07) is 1.47. The fourth-order valence-electron chi connectivity index (χ4n) is 0.731. The Balaban J connectivity index is 3.36. The summed E-state index contributed by atoms with van der Waals surface area (Å²) in [7, 11) is -3.63. The second kappa shape index (κ2) is 2.47. The van der Waals surface area contributed by atoms with E-state index in [1.807, 2.05) is 0 Å². The molecule has 0 radical (unpaired) electrons. The first-order chi connectivity index (χ1) is 4.91. The summed E-state index contributed by atoms with van der Waals surface area (Å²) in [6.45, 7) is 1.77. The fraction of sp³-hybridized carbons (Fsp3) is 0.200. The van der Waals surface area contributed by atoms with Crippen LogP contribution in [0.2, 0.25) is 0 Å². The summed E-state index contributed by atoms with van der Waals surface area (Å²) in [4.78, 5) is 0.867. The number of hydrogen-bond donors (Lipinski definition) is 2. The SMILES string of the molecule is Cc1cc(S(N)(=O)=O)c(N)s1. The van der Waals surface area contributed by atoms with Crippen molar-refractivity contribution in [3.63, 3.8) is 0 Å². The van der Waals surface area contributed by atoms with Crippen LogP contribution in [0.1, 0.15) is 4.88 Å². The van der Waals surface area contributed by atoms with Crippen molar-refractivity contribution in [3.05, 3.63) is 10.9 Å². The van der Waals surface area contributed by atoms with Crippen molar-refractivity contribution in [1.82, 2.24) is 0 Å². The van der Waals surface area contributed by atoms with Crippen LogP contribution in [0, 0.1) is 6.92 Å². The maximum absolute atomic E-state index is 10.8. The van der Waals surface area contributed by atoms with Crippen molar-refractivity contribution in [3.8, 4) is 0 Å². The van der Waals surface area contributed by atoms with E-state index in [1.165, 1.54) is 17.4 Å². The highest BCUT2D eigenvalue weighted by Gasteiger charge is 2.14. The van der Waals surface area contributed by atoms with Gasteiger partial charge in [-0.25, -0.2) is 13.6 Å². The zero-order valence-corrected chi connectivity index (χ0v) is 7.50. The van der Waals surface area contributed by atoms with E-state index in [0.29, 0.717) is 0 Å². The first-order valence-electron chi connectivity index (χ1n) is 2.80. The molecule has 0 aliphatic carbocycles. The third-order valence-electron chi connectivity index (χ3n) is 1.15. The van der Waals surface area contributed by atoms with Crippen LogP contribution in [0.15, 0.2) is 11.0 Å². The van der Waals surface area contributed by atoms with Gasteiger partial charge in [0.05, 0.1) is 0 Å². The van der Waals surface area contributed by atoms with Gasteiger partial charge in [0.2, 0.25) is 10.0 Å². The van der Waals surface area contributed by atoms with E-state index < -0.39 is 10.0 Å². The van der Waals surface area contributed by atoms with E-state index in [1.54, 1.807) is 6.92 Å². The Kier molecular flexibility index (Phi) is 1.91. The van der Waals surface area contributed by atoms with Crippen LogP contribution in [-0.4, -0.2) is 8.42 Å². The van der Waals surface area contributed by atoms with Crippen LogP contribution in [0.5, 0.6) is 0 Å². The maximum Gasteiger partial charge on any atom is 0.240 e. The molecule has 6 heteroatoms. The van der Waals surface area contributed by atoms with Crippen LogP contribution >= 0.6 is 11.3 Å². The Hall–Kier alpha value is -0.590. The Morgan fingerprint density at radius 3 is 2.27 bits per heavy atom. The molecule has 0 saturated heterocycles. The summed E-state index contributed by atoms with van der Waals surface area (Å²) in [6.07, 6.45) is 0. The van der Waals surface area contributed by atoms with Crippen molar-refractivity contribution >= 4 is 26.4 Å². The second-order valence-electron chi connectivity index (χ2n) is 2.13. The molecule has 0 aliphatic rings. The van der Waals surface area contributed by atoms with E-state index >= 15 is 0 Å². The molecule has 0 bridgehead atoms. The van der Waals surface area contributed by atoms with E-state index in [4.69, 9.17) is 10.9 Å². The van der Waals surface area contributed by atoms with Crippen LogP contribution in [-0.2, 0) is 10.0 Å². The average Bonchev–Trinajstić information content (AvgIpc) is 2.08. The summed E-state index contributed by atoms with van der Waals surface area (Å²) in [5.41, 5.74) is 5.39. The number of hydrogen-bond acceptors (Lipinski definition) is 4. The number of aryl methyl sites for hydroxylation is 1. The van der Waals surface area contributed by atoms with Crippen LogP contribution in [0.4, 0.5) is 5.00 Å². The zero-order valence-electron chi connectivity index (χ0n) is 5.87. The monoisotopic (exact) mass is 192 g/mol. The second-order valence-corrected chi connectivity index (χ2v) is 4.95. The number of rotatable bonds is 1. The van der Waals surface area contributed by atoms with Crippen molar-refractivity contribution < 1.29 is 8.42 Å². The number of nitrogen functional groups attached to an aromatic ring is 1. The Bertz CT molecular complexity index is 366. The van der Waals surface area contributed by atoms with Gasteiger partial charge in [-0.1, -0.05) is 0 Å². The molecule has 62 valence electrons. The quantitative estimate of drug-likeness (QED) is 0.670. The van der Waals surface area contributed by atoms with Gasteiger partial charge in [-0.15, -0.1) is 11.3 Å². The van der Waals surface area contributed by atoms with Crippen molar-refractivity contribution in [2.75, 3.05) is 5.73 Å². The minimum absolute atomic E-state index is 0.0278. The van der Waals surface area contributed by atoms with Crippen LogP contribution < -0.4 is 10.9 Å². The molecule has 0 aliphatic heterocycles. The van der Waals surface area contributed by atoms with Gasteiger partial charge in [0.25, 0.3) is 0 Å². The summed E-state index contributed by atoms with van der Waals surface area (Å²) in [5.74, 6) is 0. The number of sulfonamides is 1. The highest BCUT2D eigenvalue weighted by Crippen LogP contribution is 2.26. The molecule has 4 N–H and O–H groups in total. The Morgan fingerprint density at radius 1 is 1.55 bits per heavy atom. The van der Waals surface area contributed by atoms with E-state index in [0.717, 1.165) is 4.88 Å². The summed E-state index contributed by atoms with van der Waals surface area (Å²) in [5, 5.41) is 5.12. The number of anilines is 1. The summed E-state index contributed by atoms with van der Waals surface area (Å²) >= 11 is 1.21. The van der Waals surface area contributed by atoms with Gasteiger partial charge in [-0.3, -0.25) is 0 Å². The molecule has 0 amide bonds. The highest BCUT2D eigenvalue weighted by atomic mass is 32.2. The predicted octanol–water partition coefficient (Wildman–Crippen LogP) is 0.286. The zero-order chi connectivity index (χ0) is 8.65. The van der Waals surface area contributed by atoms with Gasteiger partial charge in [0.1, 0.15) is 9.90 Å². The number of nitrogens with two attached hydrogens (primary N) is 2. The van der Waals surface area contributed by atoms with Gasteiger partial charge in [-0.2, -0.15) is 0 Å². The molecular weight excluding hydrogens is 184 g/mol. The van der Waals surface area contributed by atoms with E-state index in [2.05, 4.69) is 0 Å². The van der Waals surface area contributed by atoms with Crippen LogP contribution in [0.25, 0.3) is 0 Å². The molecular formula is C5H8N2O2S2. The molecule has 1 rings (SSSR count). The molecule has 1 heterocycles. The van der Waals surface area contributed by atoms with Crippen molar-refractivity contribution in [1.29, 1.82) is 0 Å². The van der Waals surface area contributed by atoms with Gasteiger partial charge in [0, 0.05) is 4.88 Å². The third kappa shape index (κ3) is 1.70. The number of thiophene rings is 1. The molecule has 1 aromatic heterocycles. The lowest BCUT2D eigenvalue weighted by Gasteiger charge is -1.92. The average molecular weight is 192 g/mol. The summed E-state index contributed by atoms with van der Waals surface area (Å²) < 4.78 is 21.5. The molecule has 0 spiro atoms. The van der Waals surface area contributed by atoms with E-state index in [9.17, 15) is 8.42 Å². The van der Waals surface area contributed by atoms with E-state index in [-0.39, 0.29) is 9.90 Å². The van der Waals surface area contributed by atoms with Gasteiger partial charge >= 0.3 is 0 Å². The fourth-order valence-corrected chi connectivity index (χ4v) is 2.58. The molecule has 0 atom stereocenters. The normalized spacial score (nSPS) is 11.8. The number of primary sulfonamides is 1. The third-order valence-corrected chi connectivity index (χ3v) is 3.11. The highest BCUT2D eigenvalue weighted by molar-refractivity contribution is 7.89. The first kappa shape index (κ1) is 8.51. The lowest BCUT2D eigenvalue weighted by atomic mass is 10.5. The molecule has 11 heavy (non-hydrogen) atoms. The Labute approximate surface area is 68.9 Å².